The molecule has 0 bridgehead atoms. The molecular weight excluding hydrogens is 386 g/mol. The third kappa shape index (κ3) is 5.95. The van der Waals surface area contributed by atoms with E-state index in [2.05, 4.69) is 31.1 Å². The van der Waals surface area contributed by atoms with E-state index >= 15 is 0 Å². The van der Waals surface area contributed by atoms with E-state index in [1.54, 1.807) is 22.7 Å². The number of carbonyl (C=O) groups excluding carboxylic acids is 1. The van der Waals surface area contributed by atoms with Gasteiger partial charge in [-0.15, -0.1) is 0 Å². The van der Waals surface area contributed by atoms with Gasteiger partial charge in [-0.25, -0.2) is 4.98 Å². The van der Waals surface area contributed by atoms with Crippen LogP contribution in [0.2, 0.25) is 0 Å². The fourth-order valence-electron chi connectivity index (χ4n) is 2.81. The van der Waals surface area contributed by atoms with Crippen LogP contribution in [-0.2, 0) is 11.8 Å². The van der Waals surface area contributed by atoms with E-state index < -0.39 is 5.91 Å². The summed E-state index contributed by atoms with van der Waals surface area (Å²) in [7, 11) is 3.54. The first kappa shape index (κ1) is 21.1. The van der Waals surface area contributed by atoms with Crippen molar-refractivity contribution in [3.05, 3.63) is 42.6 Å². The number of nitrogens with one attached hydrogen (secondary N) is 3. The van der Waals surface area contributed by atoms with Crippen molar-refractivity contribution in [2.24, 2.45) is 12.8 Å². The van der Waals surface area contributed by atoms with Crippen LogP contribution >= 0.6 is 0 Å². The molecule has 3 rings (SSSR count). The molecule has 0 radical (unpaired) electrons. The Morgan fingerprint density at radius 2 is 2.07 bits per heavy atom. The Morgan fingerprint density at radius 3 is 2.80 bits per heavy atom. The van der Waals surface area contributed by atoms with Gasteiger partial charge in [0.1, 0.15) is 5.82 Å². The molecule has 11 heteroatoms. The number of carbonyl (C=O) groups is 1. The van der Waals surface area contributed by atoms with Gasteiger partial charge in [-0.1, -0.05) is 0 Å². The lowest BCUT2D eigenvalue weighted by Gasteiger charge is -2.11. The molecule has 0 aliphatic rings. The number of primary amides is 1. The summed E-state index contributed by atoms with van der Waals surface area (Å²) in [6.07, 6.45) is 11.7. The van der Waals surface area contributed by atoms with Gasteiger partial charge in [0.15, 0.2) is 0 Å². The summed E-state index contributed by atoms with van der Waals surface area (Å²) in [6.45, 7) is 1.41. The number of nitrogens with zero attached hydrogens (tertiary/aromatic N) is 5. The van der Waals surface area contributed by atoms with Crippen LogP contribution in [0.5, 0.6) is 0 Å². The minimum Gasteiger partial charge on any atom is -0.385 e. The molecule has 160 valence electrons. The van der Waals surface area contributed by atoms with Gasteiger partial charge in [0.25, 0.3) is 5.91 Å². The molecule has 0 aromatic carbocycles. The molecule has 5 N–H and O–H groups in total. The van der Waals surface area contributed by atoms with Crippen molar-refractivity contribution >= 4 is 29.0 Å². The Bertz CT molecular complexity index is 967. The summed E-state index contributed by atoms with van der Waals surface area (Å²) in [5, 5.41) is 10.4. The van der Waals surface area contributed by atoms with Crippen molar-refractivity contribution in [1.29, 1.82) is 0 Å². The van der Waals surface area contributed by atoms with E-state index in [9.17, 15) is 4.79 Å². The van der Waals surface area contributed by atoms with Crippen LogP contribution in [0.15, 0.2) is 37.1 Å². The summed E-state index contributed by atoms with van der Waals surface area (Å²) >= 11 is 0. The van der Waals surface area contributed by atoms with Gasteiger partial charge in [0.05, 0.1) is 23.1 Å². The van der Waals surface area contributed by atoms with E-state index in [4.69, 9.17) is 10.5 Å². The van der Waals surface area contributed by atoms with Gasteiger partial charge in [-0.05, 0) is 25.3 Å². The number of ether oxygens (including phenoxy) is 1. The predicted molar refractivity (Wildman–Crippen MR) is 115 cm³/mol. The van der Waals surface area contributed by atoms with Gasteiger partial charge < -0.3 is 21.1 Å². The number of aryl methyl sites for hydroxylation is 1. The molecule has 0 spiro atoms. The molecule has 1 amide bonds. The lowest BCUT2D eigenvalue weighted by atomic mass is 10.2. The molecule has 0 aliphatic carbocycles. The minimum atomic E-state index is -0.574. The van der Waals surface area contributed by atoms with Crippen LogP contribution in [0.1, 0.15) is 29.6 Å². The van der Waals surface area contributed by atoms with E-state index in [1.807, 2.05) is 31.7 Å². The summed E-state index contributed by atoms with van der Waals surface area (Å²) in [5.41, 5.74) is 10.5. The van der Waals surface area contributed by atoms with Crippen molar-refractivity contribution in [2.45, 2.75) is 19.3 Å². The zero-order chi connectivity index (χ0) is 21.3. The van der Waals surface area contributed by atoms with Gasteiger partial charge in [-0.3, -0.25) is 19.6 Å². The maximum absolute atomic E-state index is 11.7. The topological polar surface area (TPSA) is 137 Å². The SMILES string of the molecule is COCCCCCNc1nc(Nc2ccn(Nc3cnn(C)c3)c2)ncc1C(N)=O. The van der Waals surface area contributed by atoms with E-state index in [-0.39, 0.29) is 5.56 Å². The van der Waals surface area contributed by atoms with E-state index in [0.717, 1.165) is 37.2 Å². The number of amides is 1. The zero-order valence-corrected chi connectivity index (χ0v) is 17.1. The van der Waals surface area contributed by atoms with Gasteiger partial charge >= 0.3 is 0 Å². The van der Waals surface area contributed by atoms with Crippen molar-refractivity contribution in [3.8, 4) is 0 Å². The summed E-state index contributed by atoms with van der Waals surface area (Å²) in [6, 6.07) is 1.87. The monoisotopic (exact) mass is 413 g/mol. The Kier molecular flexibility index (Phi) is 7.22. The number of nitrogens with two attached hydrogens (primary N) is 1. The van der Waals surface area contributed by atoms with Gasteiger partial charge in [0, 0.05) is 52.1 Å². The average Bonchev–Trinajstić information content (AvgIpc) is 3.33. The first-order valence-corrected chi connectivity index (χ1v) is 9.65. The fraction of sp³-hybridized carbons (Fsp3) is 0.368. The lowest BCUT2D eigenvalue weighted by Crippen LogP contribution is -2.17. The number of anilines is 4. The summed E-state index contributed by atoms with van der Waals surface area (Å²) in [4.78, 5) is 20.3. The minimum absolute atomic E-state index is 0.258. The highest BCUT2D eigenvalue weighted by molar-refractivity contribution is 5.97. The van der Waals surface area contributed by atoms with Crippen LogP contribution < -0.4 is 21.8 Å². The molecule has 30 heavy (non-hydrogen) atoms. The number of hydrogen-bond acceptors (Lipinski definition) is 8. The second-order valence-electron chi connectivity index (χ2n) is 6.75. The number of unbranched alkanes of at least 4 members (excludes halogenated alkanes) is 2. The summed E-state index contributed by atoms with van der Waals surface area (Å²) in [5.74, 6) is 0.205. The highest BCUT2D eigenvalue weighted by atomic mass is 16.5. The molecule has 0 atom stereocenters. The number of rotatable bonds is 12. The predicted octanol–water partition coefficient (Wildman–Crippen LogP) is 1.96. The third-order valence-corrected chi connectivity index (χ3v) is 4.28. The molecule has 0 fully saturated rings. The molecule has 0 saturated carbocycles. The summed E-state index contributed by atoms with van der Waals surface area (Å²) < 4.78 is 8.55. The molecule has 3 heterocycles. The fourth-order valence-corrected chi connectivity index (χ4v) is 2.81. The van der Waals surface area contributed by atoms with Crippen molar-refractivity contribution < 1.29 is 9.53 Å². The molecule has 11 nitrogen and oxygen atoms in total. The Morgan fingerprint density at radius 1 is 1.20 bits per heavy atom. The average molecular weight is 413 g/mol. The van der Waals surface area contributed by atoms with E-state index in [1.165, 1.54) is 6.20 Å². The van der Waals surface area contributed by atoms with Crippen molar-refractivity contribution in [2.75, 3.05) is 36.3 Å². The van der Waals surface area contributed by atoms with Gasteiger partial charge in [0.2, 0.25) is 5.95 Å². The number of hydrogen-bond donors (Lipinski definition) is 4. The highest BCUT2D eigenvalue weighted by Crippen LogP contribution is 2.18. The second-order valence-corrected chi connectivity index (χ2v) is 6.75. The zero-order valence-electron chi connectivity index (χ0n) is 17.1. The van der Waals surface area contributed by atoms with Crippen molar-refractivity contribution in [3.63, 3.8) is 0 Å². The second kappa shape index (κ2) is 10.3. The lowest BCUT2D eigenvalue weighted by molar-refractivity contribution is 0.100. The highest BCUT2D eigenvalue weighted by Gasteiger charge is 2.12. The third-order valence-electron chi connectivity index (χ3n) is 4.28. The first-order chi connectivity index (χ1) is 14.5. The van der Waals surface area contributed by atoms with E-state index in [0.29, 0.717) is 18.3 Å². The molecule has 0 saturated heterocycles. The standard InChI is InChI=1S/C19H27N9O2/c1-27-12-15(10-23-27)26-28-8-6-14(13-28)24-19-22-11-16(17(20)29)18(25-19)21-7-4-3-5-9-30-2/h6,8,10-13,26H,3-5,7,9H2,1-2H3,(H2,20,29)(H2,21,22,24,25). The first-order valence-electron chi connectivity index (χ1n) is 9.65. The van der Waals surface area contributed by atoms with Crippen LogP contribution in [0.25, 0.3) is 0 Å². The molecule has 3 aromatic rings. The largest absolute Gasteiger partial charge is 0.385 e. The Balaban J connectivity index is 1.62. The maximum Gasteiger partial charge on any atom is 0.254 e. The normalized spacial score (nSPS) is 10.7. The molecule has 0 unspecified atom stereocenters. The smallest absolute Gasteiger partial charge is 0.254 e. The van der Waals surface area contributed by atoms with Crippen LogP contribution in [0.3, 0.4) is 0 Å². The van der Waals surface area contributed by atoms with Crippen LogP contribution in [0.4, 0.5) is 23.1 Å². The van der Waals surface area contributed by atoms with Crippen LogP contribution in [-0.4, -0.2) is 50.6 Å². The Labute approximate surface area is 174 Å². The maximum atomic E-state index is 11.7. The quantitative estimate of drug-likeness (QED) is 0.331. The van der Waals surface area contributed by atoms with Crippen molar-refractivity contribution in [1.82, 2.24) is 24.4 Å². The molecular formula is C19H27N9O2. The number of methoxy groups -OCH3 is 1. The van der Waals surface area contributed by atoms with Gasteiger partial charge in [-0.2, -0.15) is 10.1 Å². The number of aromatic nitrogens is 5. The van der Waals surface area contributed by atoms with Crippen LogP contribution in [0, 0.1) is 0 Å². The Hall–Kier alpha value is -3.60. The molecule has 0 aliphatic heterocycles. The molecule has 3 aromatic heterocycles.